The van der Waals surface area contributed by atoms with Crippen LogP contribution in [0.2, 0.25) is 0 Å². The van der Waals surface area contributed by atoms with Crippen LogP contribution in [0.15, 0.2) is 0 Å². The van der Waals surface area contributed by atoms with Crippen LogP contribution in [0.4, 0.5) is 0 Å². The van der Waals surface area contributed by atoms with Crippen LogP contribution in [0, 0.1) is 0 Å². The molecule has 0 saturated carbocycles. The van der Waals surface area contributed by atoms with E-state index < -0.39 is 30.1 Å². The molecule has 0 saturated heterocycles. The number of esters is 1. The maximum Gasteiger partial charge on any atom is 0.324 e. The van der Waals surface area contributed by atoms with Crippen molar-refractivity contribution in [2.75, 3.05) is 0 Å². The van der Waals surface area contributed by atoms with Crippen molar-refractivity contribution >= 4 is 11.9 Å². The predicted octanol–water partition coefficient (Wildman–Crippen LogP) is -1.32. The highest BCUT2D eigenvalue weighted by molar-refractivity contribution is 5.77. The van der Waals surface area contributed by atoms with Crippen molar-refractivity contribution < 1.29 is 19.4 Å². The Bertz CT molecular complexity index is 205. The third-order valence-corrected chi connectivity index (χ3v) is 1.46. The molecule has 0 aliphatic rings. The lowest BCUT2D eigenvalue weighted by atomic mass is 10.2. The van der Waals surface area contributed by atoms with Crippen LogP contribution in [0.25, 0.3) is 0 Å². The maximum atomic E-state index is 10.9. The summed E-state index contributed by atoms with van der Waals surface area (Å²) in [5.74, 6) is -1.88. The average Bonchev–Trinajstić information content (AvgIpc) is 2.02. The highest BCUT2D eigenvalue weighted by Gasteiger charge is 2.24. The van der Waals surface area contributed by atoms with Gasteiger partial charge in [0.15, 0.2) is 0 Å². The number of carbonyl (C=O) groups excluding carboxylic acids is 1. The van der Waals surface area contributed by atoms with E-state index in [9.17, 15) is 9.59 Å². The van der Waals surface area contributed by atoms with Crippen LogP contribution >= 0.6 is 0 Å². The van der Waals surface area contributed by atoms with Crippen LogP contribution in [0.1, 0.15) is 13.8 Å². The van der Waals surface area contributed by atoms with Gasteiger partial charge in [-0.1, -0.05) is 0 Å². The predicted molar refractivity (Wildman–Crippen MR) is 44.8 cm³/mol. The van der Waals surface area contributed by atoms with Gasteiger partial charge >= 0.3 is 11.9 Å². The molecule has 0 fully saturated rings. The zero-order valence-electron chi connectivity index (χ0n) is 7.56. The Kier molecular flexibility index (Phi) is 4.36. The smallest absolute Gasteiger partial charge is 0.324 e. The summed E-state index contributed by atoms with van der Waals surface area (Å²) in [5.41, 5.74) is 10.4. The van der Waals surface area contributed by atoms with Gasteiger partial charge in [0.2, 0.25) is 0 Å². The summed E-state index contributed by atoms with van der Waals surface area (Å²) >= 11 is 0. The second-order valence-electron chi connectivity index (χ2n) is 2.79. The van der Waals surface area contributed by atoms with Gasteiger partial charge in [0.1, 0.15) is 18.2 Å². The van der Waals surface area contributed by atoms with Crippen molar-refractivity contribution in [1.82, 2.24) is 0 Å². The first-order valence-corrected chi connectivity index (χ1v) is 3.80. The molecule has 3 atom stereocenters. The molecule has 0 aromatic carbocycles. The second-order valence-corrected chi connectivity index (χ2v) is 2.79. The summed E-state index contributed by atoms with van der Waals surface area (Å²) in [5, 5.41) is 8.46. The van der Waals surface area contributed by atoms with Gasteiger partial charge in [-0.25, -0.2) is 0 Å². The molecular formula is C7H14N2O4. The molecule has 6 heteroatoms. The normalized spacial score (nSPS) is 17.2. The fourth-order valence-electron chi connectivity index (χ4n) is 0.565. The number of carboxylic acids is 1. The topological polar surface area (TPSA) is 116 Å². The molecule has 0 spiro atoms. The molecule has 0 aromatic heterocycles. The van der Waals surface area contributed by atoms with E-state index in [0.29, 0.717) is 0 Å². The highest BCUT2D eigenvalue weighted by Crippen LogP contribution is 1.98. The molecule has 6 nitrogen and oxygen atoms in total. The van der Waals surface area contributed by atoms with Gasteiger partial charge in [-0.05, 0) is 13.8 Å². The number of ether oxygens (including phenoxy) is 1. The summed E-state index contributed by atoms with van der Waals surface area (Å²) in [6.45, 7) is 2.85. The number of carbonyl (C=O) groups is 2. The molecule has 13 heavy (non-hydrogen) atoms. The molecule has 76 valence electrons. The minimum atomic E-state index is -1.22. The van der Waals surface area contributed by atoms with E-state index in [-0.39, 0.29) is 0 Å². The zero-order chi connectivity index (χ0) is 10.6. The van der Waals surface area contributed by atoms with Crippen molar-refractivity contribution in [2.45, 2.75) is 32.0 Å². The van der Waals surface area contributed by atoms with Gasteiger partial charge in [-0.3, -0.25) is 9.59 Å². The number of aliphatic carboxylic acids is 1. The minimum Gasteiger partial charge on any atom is -0.480 e. The Morgan fingerprint density at radius 1 is 1.31 bits per heavy atom. The van der Waals surface area contributed by atoms with E-state index in [4.69, 9.17) is 16.6 Å². The summed E-state index contributed by atoms with van der Waals surface area (Å²) < 4.78 is 4.67. The average molecular weight is 190 g/mol. The SMILES string of the molecule is C[C@H](N)C(=O)O[C@@H](C)[C@H](N)C(=O)O. The van der Waals surface area contributed by atoms with E-state index in [2.05, 4.69) is 4.74 Å². The van der Waals surface area contributed by atoms with Crippen molar-refractivity contribution in [3.05, 3.63) is 0 Å². The van der Waals surface area contributed by atoms with Crippen LogP contribution in [-0.2, 0) is 14.3 Å². The van der Waals surface area contributed by atoms with Gasteiger partial charge in [0.25, 0.3) is 0 Å². The van der Waals surface area contributed by atoms with Crippen molar-refractivity contribution in [1.29, 1.82) is 0 Å². The molecular weight excluding hydrogens is 176 g/mol. The van der Waals surface area contributed by atoms with Crippen molar-refractivity contribution in [3.8, 4) is 0 Å². The lowest BCUT2D eigenvalue weighted by Gasteiger charge is -2.17. The molecule has 0 bridgehead atoms. The van der Waals surface area contributed by atoms with Crippen LogP contribution in [0.3, 0.4) is 0 Å². The first-order chi connectivity index (χ1) is 5.86. The molecule has 0 radical (unpaired) electrons. The van der Waals surface area contributed by atoms with E-state index in [1.165, 1.54) is 13.8 Å². The number of hydrogen-bond acceptors (Lipinski definition) is 5. The van der Waals surface area contributed by atoms with Gasteiger partial charge in [0, 0.05) is 0 Å². The fourth-order valence-corrected chi connectivity index (χ4v) is 0.565. The Morgan fingerprint density at radius 2 is 1.77 bits per heavy atom. The van der Waals surface area contributed by atoms with Gasteiger partial charge in [0.05, 0.1) is 0 Å². The first kappa shape index (κ1) is 11.9. The fraction of sp³-hybridized carbons (Fsp3) is 0.714. The van der Waals surface area contributed by atoms with Crippen LogP contribution < -0.4 is 11.5 Å². The lowest BCUT2D eigenvalue weighted by molar-refractivity contribution is -0.154. The number of carboxylic acid groups (broad SMARTS) is 1. The standard InChI is InChI=1S/C7H14N2O4/c1-3(8)7(12)13-4(2)5(9)6(10)11/h3-5H,8-9H2,1-2H3,(H,10,11)/t3-,4-,5-/m0/s1. The molecule has 0 unspecified atom stereocenters. The first-order valence-electron chi connectivity index (χ1n) is 3.80. The lowest BCUT2D eigenvalue weighted by Crippen LogP contribution is -2.44. The van der Waals surface area contributed by atoms with E-state index in [1.807, 2.05) is 0 Å². The summed E-state index contributed by atoms with van der Waals surface area (Å²) in [6, 6.07) is -1.99. The van der Waals surface area contributed by atoms with E-state index >= 15 is 0 Å². The molecule has 5 N–H and O–H groups in total. The largest absolute Gasteiger partial charge is 0.480 e. The van der Waals surface area contributed by atoms with Gasteiger partial charge in [-0.15, -0.1) is 0 Å². The minimum absolute atomic E-state index is 0.663. The third-order valence-electron chi connectivity index (χ3n) is 1.46. The Morgan fingerprint density at radius 3 is 2.08 bits per heavy atom. The quantitative estimate of drug-likeness (QED) is 0.473. The van der Waals surface area contributed by atoms with Crippen molar-refractivity contribution in [2.24, 2.45) is 11.5 Å². The second kappa shape index (κ2) is 4.78. The highest BCUT2D eigenvalue weighted by atomic mass is 16.5. The number of rotatable bonds is 4. The van der Waals surface area contributed by atoms with E-state index in [0.717, 1.165) is 0 Å². The third kappa shape index (κ3) is 3.86. The number of nitrogens with two attached hydrogens (primary N) is 2. The Labute approximate surface area is 75.8 Å². The monoisotopic (exact) mass is 190 g/mol. The molecule has 0 aromatic rings. The summed E-state index contributed by atoms with van der Waals surface area (Å²) in [6.07, 6.45) is -0.879. The molecule has 0 rings (SSSR count). The Balaban J connectivity index is 4.07. The summed E-state index contributed by atoms with van der Waals surface area (Å²) in [4.78, 5) is 21.2. The summed E-state index contributed by atoms with van der Waals surface area (Å²) in [7, 11) is 0. The zero-order valence-corrected chi connectivity index (χ0v) is 7.56. The number of hydrogen-bond donors (Lipinski definition) is 3. The van der Waals surface area contributed by atoms with Gasteiger partial charge in [-0.2, -0.15) is 0 Å². The maximum absolute atomic E-state index is 10.9. The molecule has 0 heterocycles. The van der Waals surface area contributed by atoms with Crippen LogP contribution in [-0.4, -0.2) is 35.2 Å². The molecule has 0 aliphatic heterocycles. The van der Waals surface area contributed by atoms with Gasteiger partial charge < -0.3 is 21.3 Å². The molecule has 0 amide bonds. The van der Waals surface area contributed by atoms with Crippen LogP contribution in [0.5, 0.6) is 0 Å². The van der Waals surface area contributed by atoms with E-state index in [1.54, 1.807) is 0 Å². The Hall–Kier alpha value is -1.14. The molecule has 0 aliphatic carbocycles. The van der Waals surface area contributed by atoms with Crippen molar-refractivity contribution in [3.63, 3.8) is 0 Å².